The molecule has 0 aliphatic carbocycles. The van der Waals surface area contributed by atoms with Gasteiger partial charge in [-0.15, -0.1) is 11.3 Å². The molecule has 116 valence electrons. The van der Waals surface area contributed by atoms with Crippen LogP contribution in [0, 0.1) is 11.8 Å². The molecular weight excluding hydrogens is 284 g/mol. The summed E-state index contributed by atoms with van der Waals surface area (Å²) >= 11 is 1.64. The van der Waals surface area contributed by atoms with Crippen molar-refractivity contribution in [3.05, 3.63) is 22.4 Å². The van der Waals surface area contributed by atoms with Gasteiger partial charge in [0.05, 0.1) is 12.5 Å². The van der Waals surface area contributed by atoms with Crippen LogP contribution < -0.4 is 5.32 Å². The summed E-state index contributed by atoms with van der Waals surface area (Å²) in [4.78, 5) is 27.5. The average molecular weight is 308 g/mol. The molecule has 1 fully saturated rings. The van der Waals surface area contributed by atoms with Gasteiger partial charge in [0.1, 0.15) is 0 Å². The molecule has 4 nitrogen and oxygen atoms in total. The number of nitrogens with one attached hydrogen (secondary N) is 1. The molecule has 2 atom stereocenters. The lowest BCUT2D eigenvalue weighted by Gasteiger charge is -2.39. The number of nitrogens with zero attached hydrogens (tertiary/aromatic N) is 1. The maximum Gasteiger partial charge on any atom is 0.225 e. The Labute approximate surface area is 130 Å². The Morgan fingerprint density at radius 3 is 2.90 bits per heavy atom. The molecule has 0 aromatic carbocycles. The fraction of sp³-hybridized carbons (Fsp3) is 0.625. The third-order valence-electron chi connectivity index (χ3n) is 3.98. The van der Waals surface area contributed by atoms with E-state index in [4.69, 9.17) is 0 Å². The van der Waals surface area contributed by atoms with E-state index in [0.717, 1.165) is 11.4 Å². The van der Waals surface area contributed by atoms with E-state index in [-0.39, 0.29) is 23.8 Å². The van der Waals surface area contributed by atoms with Crippen molar-refractivity contribution in [1.82, 2.24) is 10.2 Å². The Morgan fingerprint density at radius 2 is 2.29 bits per heavy atom. The van der Waals surface area contributed by atoms with E-state index in [1.807, 2.05) is 29.3 Å². The van der Waals surface area contributed by atoms with E-state index in [0.29, 0.717) is 25.3 Å². The van der Waals surface area contributed by atoms with Gasteiger partial charge in [-0.2, -0.15) is 0 Å². The van der Waals surface area contributed by atoms with Gasteiger partial charge in [0.25, 0.3) is 0 Å². The zero-order chi connectivity index (χ0) is 15.4. The van der Waals surface area contributed by atoms with Crippen molar-refractivity contribution in [2.24, 2.45) is 11.8 Å². The summed E-state index contributed by atoms with van der Waals surface area (Å²) in [5.41, 5.74) is 0. The zero-order valence-electron chi connectivity index (χ0n) is 13.0. The van der Waals surface area contributed by atoms with Crippen LogP contribution in [-0.2, 0) is 16.1 Å². The van der Waals surface area contributed by atoms with Crippen LogP contribution >= 0.6 is 11.3 Å². The topological polar surface area (TPSA) is 49.4 Å². The SMILES string of the molecule is CC(C)CN1C(=O)CCC(C(=O)NCc2cccs2)C1C. The van der Waals surface area contributed by atoms with Crippen molar-refractivity contribution < 1.29 is 9.59 Å². The third-order valence-corrected chi connectivity index (χ3v) is 4.86. The predicted molar refractivity (Wildman–Crippen MR) is 84.9 cm³/mol. The van der Waals surface area contributed by atoms with Gasteiger partial charge >= 0.3 is 0 Å². The summed E-state index contributed by atoms with van der Waals surface area (Å²) in [5, 5.41) is 5.02. The van der Waals surface area contributed by atoms with Gasteiger partial charge in [-0.1, -0.05) is 19.9 Å². The number of hydrogen-bond acceptors (Lipinski definition) is 3. The molecule has 1 aromatic heterocycles. The first kappa shape index (κ1) is 16.0. The van der Waals surface area contributed by atoms with Crippen molar-refractivity contribution >= 4 is 23.2 Å². The highest BCUT2D eigenvalue weighted by Gasteiger charge is 2.36. The van der Waals surface area contributed by atoms with Crippen LogP contribution in [0.25, 0.3) is 0 Å². The molecule has 0 radical (unpaired) electrons. The van der Waals surface area contributed by atoms with E-state index in [1.165, 1.54) is 0 Å². The van der Waals surface area contributed by atoms with E-state index in [9.17, 15) is 9.59 Å². The van der Waals surface area contributed by atoms with Gasteiger partial charge in [-0.3, -0.25) is 9.59 Å². The van der Waals surface area contributed by atoms with Crippen LogP contribution in [0.15, 0.2) is 17.5 Å². The Balaban J connectivity index is 1.95. The molecule has 1 aliphatic rings. The molecular formula is C16H24N2O2S. The fourth-order valence-corrected chi connectivity index (χ4v) is 3.48. The number of amides is 2. The highest BCUT2D eigenvalue weighted by molar-refractivity contribution is 7.09. The van der Waals surface area contributed by atoms with Gasteiger partial charge in [-0.05, 0) is 30.7 Å². The lowest BCUT2D eigenvalue weighted by atomic mass is 9.88. The molecule has 2 heterocycles. The maximum absolute atomic E-state index is 12.4. The van der Waals surface area contributed by atoms with Crippen molar-refractivity contribution in [3.8, 4) is 0 Å². The van der Waals surface area contributed by atoms with Crippen LogP contribution in [0.4, 0.5) is 0 Å². The smallest absolute Gasteiger partial charge is 0.225 e. The largest absolute Gasteiger partial charge is 0.351 e. The molecule has 0 spiro atoms. The molecule has 2 rings (SSSR count). The minimum atomic E-state index is -0.0959. The Morgan fingerprint density at radius 1 is 1.52 bits per heavy atom. The second kappa shape index (κ2) is 7.07. The third kappa shape index (κ3) is 4.06. The molecule has 0 bridgehead atoms. The van der Waals surface area contributed by atoms with E-state index in [1.54, 1.807) is 11.3 Å². The predicted octanol–water partition coefficient (Wildman–Crippen LogP) is 2.65. The molecule has 2 amide bonds. The number of thiophene rings is 1. The van der Waals surface area contributed by atoms with Crippen LogP contribution in [0.1, 0.15) is 38.5 Å². The van der Waals surface area contributed by atoms with E-state index in [2.05, 4.69) is 19.2 Å². The number of likely N-dealkylation sites (tertiary alicyclic amines) is 1. The van der Waals surface area contributed by atoms with Crippen LogP contribution in [0.2, 0.25) is 0 Å². The molecule has 1 aromatic rings. The molecule has 1 saturated heterocycles. The summed E-state index contributed by atoms with van der Waals surface area (Å²) in [6.45, 7) is 7.50. The normalized spacial score (nSPS) is 22.7. The van der Waals surface area contributed by atoms with Crippen LogP contribution in [-0.4, -0.2) is 29.3 Å². The number of hydrogen-bond donors (Lipinski definition) is 1. The Bertz CT molecular complexity index is 484. The average Bonchev–Trinajstić information content (AvgIpc) is 2.94. The second-order valence-corrected chi connectivity index (χ2v) is 7.16. The summed E-state index contributed by atoms with van der Waals surface area (Å²) < 4.78 is 0. The highest BCUT2D eigenvalue weighted by atomic mass is 32.1. The molecule has 0 saturated carbocycles. The van der Waals surface area contributed by atoms with Gasteiger partial charge < -0.3 is 10.2 Å². The lowest BCUT2D eigenvalue weighted by molar-refractivity contribution is -0.143. The van der Waals surface area contributed by atoms with Gasteiger partial charge in [0, 0.05) is 23.9 Å². The standard InChI is InChI=1S/C16H24N2O2S/c1-11(2)10-18-12(3)14(6-7-15(18)19)16(20)17-9-13-5-4-8-21-13/h4-5,8,11-12,14H,6-7,9-10H2,1-3H3,(H,17,20). The second-order valence-electron chi connectivity index (χ2n) is 6.12. The van der Waals surface area contributed by atoms with Gasteiger partial charge in [-0.25, -0.2) is 0 Å². The first-order valence-corrected chi connectivity index (χ1v) is 8.46. The summed E-state index contributed by atoms with van der Waals surface area (Å²) in [7, 11) is 0. The highest BCUT2D eigenvalue weighted by Crippen LogP contribution is 2.25. The lowest BCUT2D eigenvalue weighted by Crippen LogP contribution is -2.52. The molecule has 1 aliphatic heterocycles. The molecule has 2 unspecified atom stereocenters. The first-order valence-electron chi connectivity index (χ1n) is 7.58. The van der Waals surface area contributed by atoms with Gasteiger partial charge in [0.15, 0.2) is 0 Å². The van der Waals surface area contributed by atoms with E-state index >= 15 is 0 Å². The number of carbonyl (C=O) groups excluding carboxylic acids is 2. The zero-order valence-corrected chi connectivity index (χ0v) is 13.8. The monoisotopic (exact) mass is 308 g/mol. The quantitative estimate of drug-likeness (QED) is 0.909. The van der Waals surface area contributed by atoms with Crippen molar-refractivity contribution in [2.45, 2.75) is 46.2 Å². The summed E-state index contributed by atoms with van der Waals surface area (Å²) in [6.07, 6.45) is 1.14. The minimum Gasteiger partial charge on any atom is -0.351 e. The number of piperidine rings is 1. The van der Waals surface area contributed by atoms with E-state index < -0.39 is 0 Å². The van der Waals surface area contributed by atoms with Crippen molar-refractivity contribution in [1.29, 1.82) is 0 Å². The summed E-state index contributed by atoms with van der Waals surface area (Å²) in [6, 6.07) is 3.99. The summed E-state index contributed by atoms with van der Waals surface area (Å²) in [5.74, 6) is 0.571. The van der Waals surface area contributed by atoms with Crippen molar-refractivity contribution in [2.75, 3.05) is 6.54 Å². The Hall–Kier alpha value is -1.36. The fourth-order valence-electron chi connectivity index (χ4n) is 2.84. The number of carbonyl (C=O) groups is 2. The Kier molecular flexibility index (Phi) is 5.39. The van der Waals surface area contributed by atoms with Crippen LogP contribution in [0.5, 0.6) is 0 Å². The molecule has 5 heteroatoms. The minimum absolute atomic E-state index is 0.0167. The molecule has 21 heavy (non-hydrogen) atoms. The molecule has 1 N–H and O–H groups in total. The van der Waals surface area contributed by atoms with Crippen molar-refractivity contribution in [3.63, 3.8) is 0 Å². The maximum atomic E-state index is 12.4. The van der Waals surface area contributed by atoms with Crippen LogP contribution in [0.3, 0.4) is 0 Å². The van der Waals surface area contributed by atoms with Gasteiger partial charge in [0.2, 0.25) is 11.8 Å². The number of rotatable bonds is 5. The first-order chi connectivity index (χ1) is 9.99.